The highest BCUT2D eigenvalue weighted by Gasteiger charge is 2.62. The van der Waals surface area contributed by atoms with Crippen LogP contribution >= 0.6 is 0 Å². The zero-order chi connectivity index (χ0) is 18.1. The molecule has 1 aromatic rings. The summed E-state index contributed by atoms with van der Waals surface area (Å²) in [6, 6.07) is 3.79. The van der Waals surface area contributed by atoms with Gasteiger partial charge in [0.1, 0.15) is 0 Å². The van der Waals surface area contributed by atoms with Crippen LogP contribution in [0.25, 0.3) is 0 Å². The number of fused-ring (bicyclic) bond motifs is 2. The van der Waals surface area contributed by atoms with Crippen LogP contribution in [0.1, 0.15) is 30.7 Å². The van der Waals surface area contributed by atoms with Crippen LogP contribution in [0, 0.1) is 0 Å². The fraction of sp³-hybridized carbons (Fsp3) is 0.526. The first kappa shape index (κ1) is 16.1. The molecule has 1 aliphatic carbocycles. The summed E-state index contributed by atoms with van der Waals surface area (Å²) in [5, 5.41) is 11.0. The third-order valence-electron chi connectivity index (χ3n) is 6.09. The monoisotopic (exact) mass is 359 g/mol. The minimum Gasteiger partial charge on any atom is -0.454 e. The lowest BCUT2D eigenvalue weighted by molar-refractivity contribution is -0.161. The van der Waals surface area contributed by atoms with E-state index < -0.39 is 17.7 Å². The lowest BCUT2D eigenvalue weighted by Crippen LogP contribution is -2.54. The molecule has 6 atom stereocenters. The van der Waals surface area contributed by atoms with Gasteiger partial charge in [0.2, 0.25) is 6.79 Å². The van der Waals surface area contributed by atoms with Gasteiger partial charge in [-0.05, 0) is 24.1 Å². The van der Waals surface area contributed by atoms with Crippen molar-refractivity contribution in [2.45, 2.75) is 43.2 Å². The zero-order valence-corrected chi connectivity index (χ0v) is 14.7. The molecule has 2 bridgehead atoms. The van der Waals surface area contributed by atoms with Crippen LogP contribution in [0.5, 0.6) is 11.5 Å². The molecule has 1 N–H and O–H groups in total. The van der Waals surface area contributed by atoms with Crippen molar-refractivity contribution in [2.24, 2.45) is 0 Å². The molecule has 138 valence electrons. The highest BCUT2D eigenvalue weighted by molar-refractivity contribution is 5.67. The number of rotatable bonds is 2. The number of nitrogens with zero attached hydrogens (tertiary/aromatic N) is 1. The standard InChI is InChI=1S/C19H21NO6/c1-10(21)26-18-12-6-14-15(25-9-24-14)7-13(12)19-4-3-11(23-2)5-16(19)20(18)8-17(19)22/h3-4,6-7,11,16-18,22H,5,8-9H2,1-2H3/t11-,16-,17+,18-,19+/m0/s1. The Labute approximate surface area is 151 Å². The van der Waals surface area contributed by atoms with Crippen molar-refractivity contribution in [3.63, 3.8) is 0 Å². The van der Waals surface area contributed by atoms with Crippen LogP contribution in [0.3, 0.4) is 0 Å². The smallest absolute Gasteiger partial charge is 0.304 e. The molecule has 0 radical (unpaired) electrons. The molecule has 1 aromatic carbocycles. The molecule has 26 heavy (non-hydrogen) atoms. The maximum absolute atomic E-state index is 11.8. The number of benzene rings is 1. The van der Waals surface area contributed by atoms with Crippen molar-refractivity contribution >= 4 is 5.97 Å². The van der Waals surface area contributed by atoms with Crippen LogP contribution in [0.15, 0.2) is 24.3 Å². The van der Waals surface area contributed by atoms with Gasteiger partial charge < -0.3 is 24.1 Å². The molecule has 1 saturated heterocycles. The zero-order valence-electron chi connectivity index (χ0n) is 14.7. The quantitative estimate of drug-likeness (QED) is 0.629. The van der Waals surface area contributed by atoms with Gasteiger partial charge in [0.25, 0.3) is 0 Å². The van der Waals surface area contributed by atoms with Gasteiger partial charge in [-0.2, -0.15) is 0 Å². The summed E-state index contributed by atoms with van der Waals surface area (Å²) in [7, 11) is 1.68. The first-order chi connectivity index (χ1) is 12.5. The first-order valence-corrected chi connectivity index (χ1v) is 8.82. The number of hydrogen-bond acceptors (Lipinski definition) is 7. The maximum Gasteiger partial charge on any atom is 0.304 e. The number of methoxy groups -OCH3 is 1. The topological polar surface area (TPSA) is 77.5 Å². The molecular weight excluding hydrogens is 338 g/mol. The third kappa shape index (κ3) is 1.96. The summed E-state index contributed by atoms with van der Waals surface area (Å²) < 4.78 is 22.3. The highest BCUT2D eigenvalue weighted by atomic mass is 16.7. The second-order valence-corrected chi connectivity index (χ2v) is 7.28. The average molecular weight is 359 g/mol. The second-order valence-electron chi connectivity index (χ2n) is 7.28. The second kappa shape index (κ2) is 5.45. The van der Waals surface area contributed by atoms with E-state index in [2.05, 4.69) is 11.0 Å². The molecule has 1 fully saturated rings. The Morgan fingerprint density at radius 3 is 2.85 bits per heavy atom. The number of carbonyl (C=O) groups excluding carboxylic acids is 1. The summed E-state index contributed by atoms with van der Waals surface area (Å²) in [5.41, 5.74) is 1.21. The SMILES string of the molecule is CO[C@H]1C=C[C@]23c4cc5c(cc4[C@H](OC(C)=O)N(C[C@H]2O)[C@H]3C1)OCO5. The number of hydrogen-bond donors (Lipinski definition) is 1. The van der Waals surface area contributed by atoms with Crippen LogP contribution < -0.4 is 9.47 Å². The Morgan fingerprint density at radius 1 is 1.35 bits per heavy atom. The number of ether oxygens (including phenoxy) is 4. The summed E-state index contributed by atoms with van der Waals surface area (Å²) in [6.07, 6.45) is 3.59. The first-order valence-electron chi connectivity index (χ1n) is 8.82. The van der Waals surface area contributed by atoms with Gasteiger partial charge in [0, 0.05) is 32.2 Å². The fourth-order valence-corrected chi connectivity index (χ4v) is 4.98. The molecule has 7 heteroatoms. The Bertz CT molecular complexity index is 807. The third-order valence-corrected chi connectivity index (χ3v) is 6.09. The van der Waals surface area contributed by atoms with E-state index in [1.54, 1.807) is 7.11 Å². The fourth-order valence-electron chi connectivity index (χ4n) is 4.98. The van der Waals surface area contributed by atoms with E-state index in [-0.39, 0.29) is 24.9 Å². The van der Waals surface area contributed by atoms with E-state index in [0.29, 0.717) is 18.0 Å². The van der Waals surface area contributed by atoms with Gasteiger partial charge in [-0.15, -0.1) is 0 Å². The normalized spacial score (nSPS) is 38.7. The minimum atomic E-state index is -0.610. The number of carbonyl (C=O) groups is 1. The highest BCUT2D eigenvalue weighted by Crippen LogP contribution is 2.57. The van der Waals surface area contributed by atoms with Crippen LogP contribution in [-0.4, -0.2) is 54.7 Å². The van der Waals surface area contributed by atoms with Crippen molar-refractivity contribution in [3.05, 3.63) is 35.4 Å². The largest absolute Gasteiger partial charge is 0.454 e. The molecule has 0 aromatic heterocycles. The molecule has 7 nitrogen and oxygen atoms in total. The number of esters is 1. The minimum absolute atomic E-state index is 0.0235. The Morgan fingerprint density at radius 2 is 2.12 bits per heavy atom. The van der Waals surface area contributed by atoms with Crippen molar-refractivity contribution in [1.29, 1.82) is 0 Å². The predicted molar refractivity (Wildman–Crippen MR) is 89.8 cm³/mol. The van der Waals surface area contributed by atoms with E-state index in [1.807, 2.05) is 18.2 Å². The molecule has 1 unspecified atom stereocenters. The molecular formula is C19H21NO6. The summed E-state index contributed by atoms with van der Waals surface area (Å²) in [6.45, 7) is 1.99. The van der Waals surface area contributed by atoms with Gasteiger partial charge in [0.15, 0.2) is 17.7 Å². The summed E-state index contributed by atoms with van der Waals surface area (Å²) in [4.78, 5) is 13.9. The van der Waals surface area contributed by atoms with Crippen molar-refractivity contribution in [2.75, 3.05) is 20.4 Å². The lowest BCUT2D eigenvalue weighted by Gasteiger charge is -2.48. The molecule has 3 aliphatic heterocycles. The Hall–Kier alpha value is -2.09. The van der Waals surface area contributed by atoms with Gasteiger partial charge in [-0.25, -0.2) is 0 Å². The van der Waals surface area contributed by atoms with Gasteiger partial charge in [-0.1, -0.05) is 12.2 Å². The molecule has 5 rings (SSSR count). The van der Waals surface area contributed by atoms with E-state index >= 15 is 0 Å². The maximum atomic E-state index is 11.8. The molecule has 0 spiro atoms. The molecule has 0 amide bonds. The lowest BCUT2D eigenvalue weighted by atomic mass is 9.65. The Kier molecular flexibility index (Phi) is 3.38. The van der Waals surface area contributed by atoms with Crippen LogP contribution in [0.2, 0.25) is 0 Å². The number of aliphatic hydroxyl groups excluding tert-OH is 1. The van der Waals surface area contributed by atoms with Crippen molar-refractivity contribution in [3.8, 4) is 11.5 Å². The summed E-state index contributed by atoms with van der Waals surface area (Å²) >= 11 is 0. The average Bonchev–Trinajstić information content (AvgIpc) is 3.18. The van der Waals surface area contributed by atoms with Crippen molar-refractivity contribution < 1.29 is 28.8 Å². The van der Waals surface area contributed by atoms with E-state index in [4.69, 9.17) is 18.9 Å². The van der Waals surface area contributed by atoms with Crippen LogP contribution in [-0.2, 0) is 19.7 Å². The van der Waals surface area contributed by atoms with Crippen LogP contribution in [0.4, 0.5) is 0 Å². The van der Waals surface area contributed by atoms with Gasteiger partial charge in [0.05, 0.1) is 17.6 Å². The van der Waals surface area contributed by atoms with Crippen molar-refractivity contribution in [1.82, 2.24) is 4.90 Å². The predicted octanol–water partition coefficient (Wildman–Crippen LogP) is 1.25. The summed E-state index contributed by atoms with van der Waals surface area (Å²) in [5.74, 6) is 0.941. The van der Waals surface area contributed by atoms with Gasteiger partial charge in [-0.3, -0.25) is 9.69 Å². The molecule has 4 aliphatic rings. The molecule has 3 heterocycles. The van der Waals surface area contributed by atoms with E-state index in [1.165, 1.54) is 6.92 Å². The van der Waals surface area contributed by atoms with E-state index in [0.717, 1.165) is 17.5 Å². The number of aliphatic hydroxyl groups is 1. The van der Waals surface area contributed by atoms with Gasteiger partial charge >= 0.3 is 5.97 Å². The van der Waals surface area contributed by atoms with E-state index in [9.17, 15) is 9.90 Å². The molecule has 0 saturated carbocycles. The Balaban J connectivity index is 1.74.